The predicted molar refractivity (Wildman–Crippen MR) is 42.7 cm³/mol. The van der Waals surface area contributed by atoms with E-state index in [4.69, 9.17) is 0 Å². The summed E-state index contributed by atoms with van der Waals surface area (Å²) in [4.78, 5) is 0. The van der Waals surface area contributed by atoms with Crippen molar-refractivity contribution in [2.24, 2.45) is 11.8 Å². The van der Waals surface area contributed by atoms with Gasteiger partial charge in [-0.05, 0) is 32.1 Å². The fourth-order valence-electron chi connectivity index (χ4n) is 1.29. The lowest BCUT2D eigenvalue weighted by Gasteiger charge is -2.02. The van der Waals surface area contributed by atoms with E-state index in [1.807, 2.05) is 19.9 Å². The Kier molecular flexibility index (Phi) is 2.14. The largest absolute Gasteiger partial charge is 0.389 e. The Bertz CT molecular complexity index is 145. The van der Waals surface area contributed by atoms with E-state index < -0.39 is 0 Å². The molecule has 3 atom stereocenters. The van der Waals surface area contributed by atoms with Crippen LogP contribution in [0.15, 0.2) is 11.6 Å². The molecular weight excluding hydrogens is 124 g/mol. The van der Waals surface area contributed by atoms with E-state index in [2.05, 4.69) is 6.92 Å². The normalized spacial score (nSPS) is 33.2. The Labute approximate surface area is 62.8 Å². The van der Waals surface area contributed by atoms with Gasteiger partial charge in [-0.3, -0.25) is 0 Å². The Hall–Kier alpha value is -0.300. The predicted octanol–water partition coefficient (Wildman–Crippen LogP) is 1.97. The molecule has 1 nitrogen and oxygen atoms in total. The van der Waals surface area contributed by atoms with Crippen LogP contribution in [0.1, 0.15) is 27.2 Å². The van der Waals surface area contributed by atoms with Gasteiger partial charge >= 0.3 is 0 Å². The van der Waals surface area contributed by atoms with Crippen molar-refractivity contribution in [3.63, 3.8) is 0 Å². The van der Waals surface area contributed by atoms with Crippen molar-refractivity contribution in [2.75, 3.05) is 0 Å². The molecule has 1 heteroatoms. The lowest BCUT2D eigenvalue weighted by atomic mass is 10.1. The van der Waals surface area contributed by atoms with Crippen molar-refractivity contribution in [2.45, 2.75) is 33.3 Å². The maximum atomic E-state index is 9.45. The molecule has 0 bridgehead atoms. The molecular formula is C9H16O. The molecule has 0 aromatic carbocycles. The number of allylic oxidation sites excluding steroid dienone is 1. The zero-order valence-corrected chi connectivity index (χ0v) is 6.96. The first kappa shape index (κ1) is 7.80. The number of aliphatic hydroxyl groups excluding tert-OH is 1. The fourth-order valence-corrected chi connectivity index (χ4v) is 1.29. The van der Waals surface area contributed by atoms with Gasteiger partial charge in [-0.15, -0.1) is 0 Å². The van der Waals surface area contributed by atoms with Crippen molar-refractivity contribution in [1.29, 1.82) is 0 Å². The fraction of sp³-hybridized carbons (Fsp3) is 0.778. The molecule has 1 saturated carbocycles. The van der Waals surface area contributed by atoms with Crippen molar-refractivity contribution in [3.8, 4) is 0 Å². The highest BCUT2D eigenvalue weighted by Gasteiger charge is 2.37. The Balaban J connectivity index is 2.36. The van der Waals surface area contributed by atoms with Gasteiger partial charge < -0.3 is 5.11 Å². The van der Waals surface area contributed by atoms with Crippen LogP contribution in [-0.4, -0.2) is 11.2 Å². The third-order valence-electron chi connectivity index (χ3n) is 2.11. The van der Waals surface area contributed by atoms with Gasteiger partial charge in [-0.25, -0.2) is 0 Å². The van der Waals surface area contributed by atoms with Gasteiger partial charge in [0.2, 0.25) is 0 Å². The summed E-state index contributed by atoms with van der Waals surface area (Å²) in [5, 5.41) is 9.45. The van der Waals surface area contributed by atoms with E-state index in [0.717, 1.165) is 5.92 Å². The van der Waals surface area contributed by atoms with Crippen LogP contribution in [-0.2, 0) is 0 Å². The third-order valence-corrected chi connectivity index (χ3v) is 2.11. The zero-order valence-electron chi connectivity index (χ0n) is 6.96. The highest BCUT2D eigenvalue weighted by Crippen LogP contribution is 2.41. The summed E-state index contributed by atoms with van der Waals surface area (Å²) >= 11 is 0. The van der Waals surface area contributed by atoms with Gasteiger partial charge in [0.05, 0.1) is 6.10 Å². The molecule has 0 aromatic heterocycles. The first-order chi connectivity index (χ1) is 4.61. The van der Waals surface area contributed by atoms with Crippen LogP contribution < -0.4 is 0 Å². The average Bonchev–Trinajstić information content (AvgIpc) is 2.44. The highest BCUT2D eigenvalue weighted by molar-refractivity contribution is 5.04. The lowest BCUT2D eigenvalue weighted by Crippen LogP contribution is -2.06. The molecule has 0 heterocycles. The van der Waals surface area contributed by atoms with E-state index in [1.54, 1.807) is 0 Å². The molecule has 0 saturated heterocycles. The van der Waals surface area contributed by atoms with Gasteiger partial charge in [0, 0.05) is 0 Å². The number of rotatable bonds is 2. The van der Waals surface area contributed by atoms with Crippen LogP contribution in [0.2, 0.25) is 0 Å². The molecule has 1 N–H and O–H groups in total. The van der Waals surface area contributed by atoms with E-state index in [0.29, 0.717) is 5.92 Å². The zero-order chi connectivity index (χ0) is 7.72. The van der Waals surface area contributed by atoms with Gasteiger partial charge in [0.25, 0.3) is 0 Å². The molecule has 1 aliphatic rings. The van der Waals surface area contributed by atoms with Crippen LogP contribution in [0, 0.1) is 11.8 Å². The molecule has 1 fully saturated rings. The molecule has 58 valence electrons. The first-order valence-electron chi connectivity index (χ1n) is 3.94. The highest BCUT2D eigenvalue weighted by atomic mass is 16.3. The SMILES string of the molecule is CC(C)=CC(O)C1CC1C. The quantitative estimate of drug-likeness (QED) is 0.581. The van der Waals surface area contributed by atoms with E-state index >= 15 is 0 Å². The van der Waals surface area contributed by atoms with Gasteiger partial charge in [0.15, 0.2) is 0 Å². The summed E-state index contributed by atoms with van der Waals surface area (Å²) in [6.07, 6.45) is 2.97. The van der Waals surface area contributed by atoms with E-state index in [9.17, 15) is 5.11 Å². The molecule has 0 aromatic rings. The summed E-state index contributed by atoms with van der Waals surface area (Å²) in [6.45, 7) is 6.24. The first-order valence-corrected chi connectivity index (χ1v) is 3.94. The monoisotopic (exact) mass is 140 g/mol. The van der Waals surface area contributed by atoms with Crippen LogP contribution in [0.4, 0.5) is 0 Å². The standard InChI is InChI=1S/C9H16O/c1-6(2)4-9(10)8-5-7(8)3/h4,7-10H,5H2,1-3H3. The summed E-state index contributed by atoms with van der Waals surface area (Å²) in [6, 6.07) is 0. The third kappa shape index (κ3) is 1.84. The summed E-state index contributed by atoms with van der Waals surface area (Å²) < 4.78 is 0. The molecule has 0 spiro atoms. The number of hydrogen-bond acceptors (Lipinski definition) is 1. The van der Waals surface area contributed by atoms with Crippen LogP contribution in [0.5, 0.6) is 0 Å². The minimum Gasteiger partial charge on any atom is -0.389 e. The number of hydrogen-bond donors (Lipinski definition) is 1. The van der Waals surface area contributed by atoms with E-state index in [1.165, 1.54) is 12.0 Å². The van der Waals surface area contributed by atoms with Crippen molar-refractivity contribution < 1.29 is 5.11 Å². The van der Waals surface area contributed by atoms with Gasteiger partial charge in [-0.1, -0.05) is 18.6 Å². The Morgan fingerprint density at radius 1 is 1.60 bits per heavy atom. The van der Waals surface area contributed by atoms with Crippen LogP contribution in [0.3, 0.4) is 0 Å². The van der Waals surface area contributed by atoms with Crippen molar-refractivity contribution in [1.82, 2.24) is 0 Å². The second-order valence-electron chi connectivity index (χ2n) is 3.61. The van der Waals surface area contributed by atoms with Gasteiger partial charge in [0.1, 0.15) is 0 Å². The van der Waals surface area contributed by atoms with E-state index in [-0.39, 0.29) is 6.10 Å². The second kappa shape index (κ2) is 2.75. The summed E-state index contributed by atoms with van der Waals surface area (Å²) in [5.41, 5.74) is 1.21. The maximum absolute atomic E-state index is 9.45. The van der Waals surface area contributed by atoms with Gasteiger partial charge in [-0.2, -0.15) is 0 Å². The van der Waals surface area contributed by atoms with Crippen molar-refractivity contribution in [3.05, 3.63) is 11.6 Å². The Morgan fingerprint density at radius 3 is 2.40 bits per heavy atom. The maximum Gasteiger partial charge on any atom is 0.0754 e. The summed E-state index contributed by atoms with van der Waals surface area (Å²) in [7, 11) is 0. The van der Waals surface area contributed by atoms with Crippen molar-refractivity contribution >= 4 is 0 Å². The summed E-state index contributed by atoms with van der Waals surface area (Å²) in [5.74, 6) is 1.29. The lowest BCUT2D eigenvalue weighted by molar-refractivity contribution is 0.193. The second-order valence-corrected chi connectivity index (χ2v) is 3.61. The molecule has 1 aliphatic carbocycles. The molecule has 0 aliphatic heterocycles. The average molecular weight is 140 g/mol. The number of aliphatic hydroxyl groups is 1. The van der Waals surface area contributed by atoms with Crippen LogP contribution >= 0.6 is 0 Å². The molecule has 10 heavy (non-hydrogen) atoms. The Morgan fingerprint density at radius 2 is 2.10 bits per heavy atom. The molecule has 3 unspecified atom stereocenters. The molecule has 0 amide bonds. The molecule has 1 rings (SSSR count). The minimum absolute atomic E-state index is 0.181. The minimum atomic E-state index is -0.181. The smallest absolute Gasteiger partial charge is 0.0754 e. The van der Waals surface area contributed by atoms with Crippen LogP contribution in [0.25, 0.3) is 0 Å². The molecule has 0 radical (unpaired) electrons. The topological polar surface area (TPSA) is 20.2 Å².